The van der Waals surface area contributed by atoms with Crippen LogP contribution in [0.2, 0.25) is 0 Å². The lowest BCUT2D eigenvalue weighted by atomic mass is 9.95. The maximum absolute atomic E-state index is 14.7. The van der Waals surface area contributed by atoms with Crippen molar-refractivity contribution < 1.29 is 19.1 Å². The smallest absolute Gasteiger partial charge is 0.295 e. The second-order valence-corrected chi connectivity index (χ2v) is 6.66. The van der Waals surface area contributed by atoms with E-state index in [0.717, 1.165) is 10.5 Å². The van der Waals surface area contributed by atoms with Crippen LogP contribution in [0.25, 0.3) is 6.08 Å². The summed E-state index contributed by atoms with van der Waals surface area (Å²) in [4.78, 5) is 31.2. The minimum atomic E-state index is -1.14. The van der Waals surface area contributed by atoms with Crippen LogP contribution in [0.4, 0.5) is 10.2 Å². The number of pyridine rings is 1. The minimum absolute atomic E-state index is 0.0945. The Morgan fingerprint density at radius 3 is 2.40 bits per heavy atom. The van der Waals surface area contributed by atoms with Crippen molar-refractivity contribution in [2.45, 2.75) is 6.04 Å². The molecule has 0 spiro atoms. The standard InChI is InChI=1S/C24H17FN2O3/c25-18-11-5-4-10-17(18)22-21(19(28)14-13-16-8-2-1-3-9-16)23(29)24(30)27(22)20-12-6-7-15-26-20/h1-15,22,29H. The maximum atomic E-state index is 14.7. The Hall–Kier alpha value is -4.06. The van der Waals surface area contributed by atoms with Crippen molar-refractivity contribution >= 4 is 23.6 Å². The van der Waals surface area contributed by atoms with E-state index < -0.39 is 29.3 Å². The maximum Gasteiger partial charge on any atom is 0.295 e. The fourth-order valence-corrected chi connectivity index (χ4v) is 3.41. The molecule has 3 aromatic rings. The van der Waals surface area contributed by atoms with Crippen molar-refractivity contribution in [2.24, 2.45) is 0 Å². The molecule has 1 amide bonds. The number of aromatic nitrogens is 1. The van der Waals surface area contributed by atoms with Gasteiger partial charge < -0.3 is 5.11 Å². The van der Waals surface area contributed by atoms with E-state index >= 15 is 0 Å². The predicted octanol–water partition coefficient (Wildman–Crippen LogP) is 4.40. The topological polar surface area (TPSA) is 70.5 Å². The van der Waals surface area contributed by atoms with E-state index in [2.05, 4.69) is 4.98 Å². The van der Waals surface area contributed by atoms with Gasteiger partial charge in [0.05, 0.1) is 11.6 Å². The van der Waals surface area contributed by atoms with Gasteiger partial charge in [0.2, 0.25) is 0 Å². The molecule has 0 saturated carbocycles. The van der Waals surface area contributed by atoms with Crippen molar-refractivity contribution in [2.75, 3.05) is 4.90 Å². The average Bonchev–Trinajstić information content (AvgIpc) is 3.04. The van der Waals surface area contributed by atoms with E-state index in [-0.39, 0.29) is 17.0 Å². The second-order valence-electron chi connectivity index (χ2n) is 6.66. The lowest BCUT2D eigenvalue weighted by Crippen LogP contribution is -2.32. The Bertz CT molecular complexity index is 1160. The van der Waals surface area contributed by atoms with Gasteiger partial charge in [0.1, 0.15) is 11.6 Å². The Morgan fingerprint density at radius 2 is 1.70 bits per heavy atom. The molecule has 2 heterocycles. The fraction of sp³-hybridized carbons (Fsp3) is 0.0417. The molecule has 1 N–H and O–H groups in total. The van der Waals surface area contributed by atoms with E-state index in [0.29, 0.717) is 0 Å². The number of anilines is 1. The van der Waals surface area contributed by atoms with Gasteiger partial charge in [-0.05, 0) is 29.8 Å². The normalized spacial score (nSPS) is 16.5. The molecule has 0 aliphatic carbocycles. The minimum Gasteiger partial charge on any atom is -0.503 e. The molecule has 1 aliphatic rings. The highest BCUT2D eigenvalue weighted by molar-refractivity contribution is 6.19. The Morgan fingerprint density at radius 1 is 1.00 bits per heavy atom. The van der Waals surface area contributed by atoms with Crippen LogP contribution in [0.5, 0.6) is 0 Å². The molecule has 1 atom stereocenters. The number of halogens is 1. The molecule has 0 radical (unpaired) electrons. The number of aliphatic hydroxyl groups excluding tert-OH is 1. The predicted molar refractivity (Wildman–Crippen MR) is 111 cm³/mol. The van der Waals surface area contributed by atoms with Crippen molar-refractivity contribution in [1.29, 1.82) is 0 Å². The molecular formula is C24H17FN2O3. The quantitative estimate of drug-likeness (QED) is 0.645. The zero-order valence-corrected chi connectivity index (χ0v) is 15.8. The van der Waals surface area contributed by atoms with E-state index in [9.17, 15) is 19.1 Å². The highest BCUT2D eigenvalue weighted by atomic mass is 19.1. The number of carbonyl (C=O) groups is 2. The van der Waals surface area contributed by atoms with E-state index in [1.165, 1.54) is 30.5 Å². The lowest BCUT2D eigenvalue weighted by molar-refractivity contribution is -0.117. The number of hydrogen-bond acceptors (Lipinski definition) is 4. The van der Waals surface area contributed by atoms with Crippen molar-refractivity contribution in [3.63, 3.8) is 0 Å². The van der Waals surface area contributed by atoms with Gasteiger partial charge in [-0.2, -0.15) is 0 Å². The summed E-state index contributed by atoms with van der Waals surface area (Å²) in [5.74, 6) is -2.49. The highest BCUT2D eigenvalue weighted by Gasteiger charge is 2.45. The van der Waals surface area contributed by atoms with Gasteiger partial charge in [0, 0.05) is 11.8 Å². The van der Waals surface area contributed by atoms with Crippen molar-refractivity contribution in [3.8, 4) is 0 Å². The first kappa shape index (κ1) is 19.3. The van der Waals surface area contributed by atoms with Gasteiger partial charge in [-0.15, -0.1) is 0 Å². The van der Waals surface area contributed by atoms with Crippen LogP contribution >= 0.6 is 0 Å². The van der Waals surface area contributed by atoms with Gasteiger partial charge >= 0.3 is 0 Å². The molecule has 1 aromatic heterocycles. The zero-order valence-electron chi connectivity index (χ0n) is 15.8. The van der Waals surface area contributed by atoms with Gasteiger partial charge in [0.15, 0.2) is 11.5 Å². The van der Waals surface area contributed by atoms with Gasteiger partial charge in [0.25, 0.3) is 5.91 Å². The molecular weight excluding hydrogens is 383 g/mol. The van der Waals surface area contributed by atoms with Gasteiger partial charge in [-0.3, -0.25) is 14.5 Å². The number of ketones is 1. The first-order chi connectivity index (χ1) is 14.6. The third kappa shape index (κ3) is 3.51. The Kier molecular flexibility index (Phi) is 5.22. The molecule has 0 fully saturated rings. The summed E-state index contributed by atoms with van der Waals surface area (Å²) in [5, 5.41) is 10.6. The monoisotopic (exact) mass is 400 g/mol. The summed E-state index contributed by atoms with van der Waals surface area (Å²) in [6.45, 7) is 0. The van der Waals surface area contributed by atoms with E-state index in [1.807, 2.05) is 30.3 Å². The summed E-state index contributed by atoms with van der Waals surface area (Å²) >= 11 is 0. The molecule has 30 heavy (non-hydrogen) atoms. The van der Waals surface area contributed by atoms with Crippen molar-refractivity contribution in [1.82, 2.24) is 4.98 Å². The van der Waals surface area contributed by atoms with Crippen LogP contribution in [0.1, 0.15) is 17.2 Å². The number of rotatable bonds is 5. The molecule has 6 heteroatoms. The summed E-state index contributed by atoms with van der Waals surface area (Å²) in [5.41, 5.74) is 0.680. The summed E-state index contributed by atoms with van der Waals surface area (Å²) in [6, 6.07) is 18.7. The highest BCUT2D eigenvalue weighted by Crippen LogP contribution is 2.41. The van der Waals surface area contributed by atoms with Gasteiger partial charge in [-0.1, -0.05) is 60.7 Å². The fourth-order valence-electron chi connectivity index (χ4n) is 3.41. The first-order valence-electron chi connectivity index (χ1n) is 9.27. The molecule has 1 unspecified atom stereocenters. The molecule has 1 aliphatic heterocycles. The number of hydrogen-bond donors (Lipinski definition) is 1. The first-order valence-corrected chi connectivity index (χ1v) is 9.27. The summed E-state index contributed by atoms with van der Waals surface area (Å²) in [6.07, 6.45) is 4.33. The Balaban J connectivity index is 1.81. The van der Waals surface area contributed by atoms with Gasteiger partial charge in [-0.25, -0.2) is 9.37 Å². The van der Waals surface area contributed by atoms with E-state index in [4.69, 9.17) is 0 Å². The van der Waals surface area contributed by atoms with Crippen LogP contribution in [-0.4, -0.2) is 21.8 Å². The van der Waals surface area contributed by atoms with Crippen LogP contribution < -0.4 is 4.90 Å². The SMILES string of the molecule is O=C(C=Cc1ccccc1)C1=C(O)C(=O)N(c2ccccn2)C1c1ccccc1F. The van der Waals surface area contributed by atoms with Crippen LogP contribution in [-0.2, 0) is 9.59 Å². The zero-order chi connectivity index (χ0) is 21.1. The van der Waals surface area contributed by atoms with Crippen LogP contribution in [0, 0.1) is 5.82 Å². The largest absolute Gasteiger partial charge is 0.503 e. The number of amides is 1. The third-order valence-electron chi connectivity index (χ3n) is 4.80. The molecule has 0 saturated heterocycles. The average molecular weight is 400 g/mol. The summed E-state index contributed by atoms with van der Waals surface area (Å²) < 4.78 is 14.7. The number of aliphatic hydroxyl groups is 1. The molecule has 5 nitrogen and oxygen atoms in total. The molecule has 4 rings (SSSR count). The Labute approximate surface area is 172 Å². The number of nitrogens with zero attached hydrogens (tertiary/aromatic N) is 2. The number of carbonyl (C=O) groups excluding carboxylic acids is 2. The lowest BCUT2D eigenvalue weighted by Gasteiger charge is -2.25. The third-order valence-corrected chi connectivity index (χ3v) is 4.80. The number of allylic oxidation sites excluding steroid dienone is 1. The van der Waals surface area contributed by atoms with Crippen LogP contribution in [0.3, 0.4) is 0 Å². The summed E-state index contributed by atoms with van der Waals surface area (Å²) in [7, 11) is 0. The molecule has 0 bridgehead atoms. The second kappa shape index (κ2) is 8.13. The van der Waals surface area contributed by atoms with E-state index in [1.54, 1.807) is 30.3 Å². The molecule has 148 valence electrons. The molecule has 2 aromatic carbocycles. The number of benzene rings is 2. The van der Waals surface area contributed by atoms with Crippen LogP contribution in [0.15, 0.2) is 96.4 Å². The van der Waals surface area contributed by atoms with Crippen molar-refractivity contribution in [3.05, 3.63) is 113 Å².